The van der Waals surface area contributed by atoms with Crippen molar-refractivity contribution in [3.8, 4) is 0 Å². The minimum Gasteiger partial charge on any atom is -0.481 e. The van der Waals surface area contributed by atoms with Gasteiger partial charge in [0, 0.05) is 0 Å². The van der Waals surface area contributed by atoms with Gasteiger partial charge in [0.1, 0.15) is 6.16 Å². The zero-order valence-electron chi connectivity index (χ0n) is 11.9. The first-order valence-corrected chi connectivity index (χ1v) is 8.48. The Morgan fingerprint density at radius 3 is 1.64 bits per heavy atom. The highest BCUT2D eigenvalue weighted by Gasteiger charge is 2.28. The summed E-state index contributed by atoms with van der Waals surface area (Å²) in [6.45, 7) is 0.0837. The van der Waals surface area contributed by atoms with Crippen LogP contribution in [0, 0.1) is 0 Å². The van der Waals surface area contributed by atoms with Gasteiger partial charge in [-0.2, -0.15) is 0 Å². The Balaban J connectivity index is 2.00. The highest BCUT2D eigenvalue weighted by molar-refractivity contribution is 7.54. The number of hydrogen-bond donors (Lipinski definition) is 1. The van der Waals surface area contributed by atoms with Gasteiger partial charge in [-0.1, -0.05) is 60.7 Å². The highest BCUT2D eigenvalue weighted by Crippen LogP contribution is 2.49. The molecule has 0 bridgehead atoms. The van der Waals surface area contributed by atoms with Crippen LogP contribution in [0.5, 0.6) is 0 Å². The molecule has 6 heteroatoms. The third-order valence-corrected chi connectivity index (χ3v) is 4.57. The molecule has 0 unspecified atom stereocenters. The molecule has 0 fully saturated rings. The molecule has 0 aliphatic heterocycles. The van der Waals surface area contributed by atoms with Gasteiger partial charge < -0.3 is 14.2 Å². The lowest BCUT2D eigenvalue weighted by molar-refractivity contribution is -0.134. The Morgan fingerprint density at radius 1 is 0.864 bits per heavy atom. The van der Waals surface area contributed by atoms with Crippen molar-refractivity contribution in [3.05, 3.63) is 71.8 Å². The Labute approximate surface area is 129 Å². The minimum atomic E-state index is -3.71. The third kappa shape index (κ3) is 5.45. The van der Waals surface area contributed by atoms with E-state index in [4.69, 9.17) is 14.2 Å². The minimum absolute atomic E-state index is 0.0419. The summed E-state index contributed by atoms with van der Waals surface area (Å²) >= 11 is 0. The van der Waals surface area contributed by atoms with Crippen LogP contribution in [0.1, 0.15) is 11.1 Å². The fraction of sp³-hybridized carbons (Fsp3) is 0.188. The number of carboxylic acid groups (broad SMARTS) is 1. The Bertz CT molecular complexity index is 595. The van der Waals surface area contributed by atoms with Crippen molar-refractivity contribution in [3.63, 3.8) is 0 Å². The van der Waals surface area contributed by atoms with Crippen LogP contribution >= 0.6 is 7.60 Å². The predicted molar refractivity (Wildman–Crippen MR) is 82.6 cm³/mol. The van der Waals surface area contributed by atoms with Gasteiger partial charge in [0.15, 0.2) is 0 Å². The summed E-state index contributed by atoms with van der Waals surface area (Å²) in [5.74, 6) is -1.22. The van der Waals surface area contributed by atoms with Crippen LogP contribution in [0.15, 0.2) is 60.7 Å². The van der Waals surface area contributed by atoms with Crippen LogP contribution in [0.2, 0.25) is 0 Å². The fourth-order valence-corrected chi connectivity index (χ4v) is 3.07. The van der Waals surface area contributed by atoms with E-state index in [1.165, 1.54) is 0 Å². The van der Waals surface area contributed by atoms with Crippen molar-refractivity contribution in [1.82, 2.24) is 0 Å². The molecule has 0 aliphatic rings. The normalized spacial score (nSPS) is 11.3. The SMILES string of the molecule is O=C(O)CP(=O)(OCc1ccccc1)OCc1ccccc1. The van der Waals surface area contributed by atoms with E-state index in [2.05, 4.69) is 0 Å². The number of benzene rings is 2. The molecule has 5 nitrogen and oxygen atoms in total. The maximum atomic E-state index is 12.5. The van der Waals surface area contributed by atoms with Crippen LogP contribution in [0.3, 0.4) is 0 Å². The Kier molecular flexibility index (Phi) is 5.90. The lowest BCUT2D eigenvalue weighted by Crippen LogP contribution is -2.09. The van der Waals surface area contributed by atoms with Gasteiger partial charge in [0.2, 0.25) is 0 Å². The van der Waals surface area contributed by atoms with E-state index in [1.807, 2.05) is 60.7 Å². The van der Waals surface area contributed by atoms with Crippen molar-refractivity contribution in [2.45, 2.75) is 13.2 Å². The van der Waals surface area contributed by atoms with Gasteiger partial charge in [0.05, 0.1) is 13.2 Å². The summed E-state index contributed by atoms with van der Waals surface area (Å²) in [6, 6.07) is 18.2. The predicted octanol–water partition coefficient (Wildman–Crippen LogP) is 3.70. The second kappa shape index (κ2) is 7.90. The van der Waals surface area contributed by atoms with Gasteiger partial charge in [-0.3, -0.25) is 9.36 Å². The van der Waals surface area contributed by atoms with Crippen LogP contribution in [-0.2, 0) is 31.6 Å². The molecule has 0 spiro atoms. The first-order chi connectivity index (χ1) is 10.6. The zero-order chi connectivity index (χ0) is 15.8. The first kappa shape index (κ1) is 16.4. The molecule has 0 radical (unpaired) electrons. The largest absolute Gasteiger partial charge is 0.481 e. The average molecular weight is 320 g/mol. The van der Waals surface area contributed by atoms with E-state index in [9.17, 15) is 9.36 Å². The van der Waals surface area contributed by atoms with Crippen LogP contribution in [0.25, 0.3) is 0 Å². The van der Waals surface area contributed by atoms with E-state index in [1.54, 1.807) is 0 Å². The highest BCUT2D eigenvalue weighted by atomic mass is 31.2. The lowest BCUT2D eigenvalue weighted by atomic mass is 10.2. The van der Waals surface area contributed by atoms with Gasteiger partial charge in [-0.25, -0.2) is 0 Å². The molecule has 2 aromatic rings. The second-order valence-corrected chi connectivity index (χ2v) is 6.74. The van der Waals surface area contributed by atoms with Gasteiger partial charge in [-0.15, -0.1) is 0 Å². The van der Waals surface area contributed by atoms with E-state index < -0.39 is 19.7 Å². The number of carbonyl (C=O) groups is 1. The monoisotopic (exact) mass is 320 g/mol. The summed E-state index contributed by atoms with van der Waals surface area (Å²) < 4.78 is 23.1. The molecule has 2 aromatic carbocycles. The molecule has 22 heavy (non-hydrogen) atoms. The standard InChI is InChI=1S/C16H17O5P/c17-16(18)13-22(19,20-11-14-7-3-1-4-8-14)21-12-15-9-5-2-6-10-15/h1-10H,11-13H2,(H,17,18). The molecule has 2 rings (SSSR count). The molecular weight excluding hydrogens is 303 g/mol. The molecule has 0 saturated carbocycles. The molecule has 1 N–H and O–H groups in total. The maximum Gasteiger partial charge on any atom is 0.342 e. The number of aliphatic carboxylic acids is 1. The fourth-order valence-electron chi connectivity index (χ4n) is 1.79. The summed E-state index contributed by atoms with van der Waals surface area (Å²) in [5, 5.41) is 8.91. The van der Waals surface area contributed by atoms with Crippen molar-refractivity contribution in [2.75, 3.05) is 6.16 Å². The van der Waals surface area contributed by atoms with E-state index in [0.717, 1.165) is 11.1 Å². The molecule has 0 heterocycles. The molecule has 0 amide bonds. The van der Waals surface area contributed by atoms with Gasteiger partial charge in [-0.05, 0) is 11.1 Å². The van der Waals surface area contributed by atoms with Gasteiger partial charge in [0.25, 0.3) is 0 Å². The summed E-state index contributed by atoms with van der Waals surface area (Å²) in [7, 11) is -3.71. The number of hydrogen-bond acceptors (Lipinski definition) is 4. The van der Waals surface area contributed by atoms with E-state index in [0.29, 0.717) is 0 Å². The number of carboxylic acids is 1. The van der Waals surface area contributed by atoms with Crippen molar-refractivity contribution in [1.29, 1.82) is 0 Å². The average Bonchev–Trinajstić information content (AvgIpc) is 2.53. The molecule has 0 aliphatic carbocycles. The molecule has 0 aromatic heterocycles. The zero-order valence-corrected chi connectivity index (χ0v) is 12.8. The summed E-state index contributed by atoms with van der Waals surface area (Å²) in [4.78, 5) is 10.9. The summed E-state index contributed by atoms with van der Waals surface area (Å²) in [6.07, 6.45) is -0.660. The van der Waals surface area contributed by atoms with E-state index in [-0.39, 0.29) is 13.2 Å². The van der Waals surface area contributed by atoms with Crippen molar-refractivity contribution >= 4 is 13.6 Å². The van der Waals surface area contributed by atoms with Crippen LogP contribution in [0.4, 0.5) is 0 Å². The smallest absolute Gasteiger partial charge is 0.342 e. The third-order valence-electron chi connectivity index (χ3n) is 2.87. The Morgan fingerprint density at radius 2 is 1.27 bits per heavy atom. The maximum absolute atomic E-state index is 12.5. The lowest BCUT2D eigenvalue weighted by Gasteiger charge is -2.17. The molecule has 116 valence electrons. The van der Waals surface area contributed by atoms with E-state index >= 15 is 0 Å². The molecular formula is C16H17O5P. The summed E-state index contributed by atoms with van der Waals surface area (Å²) in [5.41, 5.74) is 1.60. The van der Waals surface area contributed by atoms with Crippen molar-refractivity contribution < 1.29 is 23.5 Å². The van der Waals surface area contributed by atoms with Crippen LogP contribution < -0.4 is 0 Å². The Hall–Kier alpha value is -1.94. The topological polar surface area (TPSA) is 72.8 Å². The first-order valence-electron chi connectivity index (χ1n) is 6.75. The van der Waals surface area contributed by atoms with Crippen molar-refractivity contribution in [2.24, 2.45) is 0 Å². The quantitative estimate of drug-likeness (QED) is 0.751. The molecule has 0 saturated heterocycles. The van der Waals surface area contributed by atoms with Crippen LogP contribution in [-0.4, -0.2) is 17.2 Å². The second-order valence-electron chi connectivity index (χ2n) is 4.68. The molecule has 0 atom stereocenters. The number of rotatable bonds is 8. The van der Waals surface area contributed by atoms with Gasteiger partial charge >= 0.3 is 13.6 Å².